The molecule has 0 bridgehead atoms. The summed E-state index contributed by atoms with van der Waals surface area (Å²) in [7, 11) is 0. The Morgan fingerprint density at radius 3 is 2.56 bits per heavy atom. The first-order valence-corrected chi connectivity index (χ1v) is 5.94. The minimum atomic E-state index is -0.272. The van der Waals surface area contributed by atoms with Gasteiger partial charge in [-0.05, 0) is 36.4 Å². The average molecular weight is 281 g/mol. The van der Waals surface area contributed by atoms with Gasteiger partial charge in [-0.25, -0.2) is 0 Å². The van der Waals surface area contributed by atoms with E-state index in [0.29, 0.717) is 27.0 Å². The summed E-state index contributed by atoms with van der Waals surface area (Å²) in [6.45, 7) is 0. The van der Waals surface area contributed by atoms with Crippen LogP contribution in [0.1, 0.15) is 10.4 Å². The molecule has 0 aromatic heterocycles. The van der Waals surface area contributed by atoms with Crippen molar-refractivity contribution < 1.29 is 4.79 Å². The number of nitrogens with two attached hydrogens (primary N) is 1. The smallest absolute Gasteiger partial charge is 0.255 e. The molecule has 2 aromatic rings. The molecule has 0 aliphatic heterocycles. The van der Waals surface area contributed by atoms with Crippen LogP contribution in [-0.2, 0) is 0 Å². The molecular weight excluding hydrogens is 271 g/mol. The van der Waals surface area contributed by atoms with E-state index in [1.54, 1.807) is 42.5 Å². The molecule has 0 heterocycles. The third kappa shape index (κ3) is 2.94. The second-order valence-electron chi connectivity index (χ2n) is 3.70. The van der Waals surface area contributed by atoms with Gasteiger partial charge in [0.15, 0.2) is 0 Å². The van der Waals surface area contributed by atoms with E-state index in [4.69, 9.17) is 28.9 Å². The number of halogens is 2. The van der Waals surface area contributed by atoms with Crippen LogP contribution in [0.3, 0.4) is 0 Å². The van der Waals surface area contributed by atoms with Crippen molar-refractivity contribution in [3.05, 3.63) is 58.1 Å². The summed E-state index contributed by atoms with van der Waals surface area (Å²) < 4.78 is 0. The number of carbonyl (C=O) groups excluding carboxylic acids is 1. The monoisotopic (exact) mass is 280 g/mol. The van der Waals surface area contributed by atoms with E-state index >= 15 is 0 Å². The van der Waals surface area contributed by atoms with Crippen LogP contribution in [0.5, 0.6) is 0 Å². The summed E-state index contributed by atoms with van der Waals surface area (Å²) in [5, 5.41) is 3.60. The Morgan fingerprint density at radius 2 is 1.89 bits per heavy atom. The lowest BCUT2D eigenvalue weighted by molar-refractivity contribution is 0.102. The van der Waals surface area contributed by atoms with Gasteiger partial charge in [0.25, 0.3) is 5.91 Å². The number of hydrogen-bond acceptors (Lipinski definition) is 2. The van der Waals surface area contributed by atoms with E-state index in [0.717, 1.165) is 0 Å². The van der Waals surface area contributed by atoms with Gasteiger partial charge in [-0.15, -0.1) is 0 Å². The SMILES string of the molecule is Nc1cccc(C(=O)Nc2ccc(Cl)cc2Cl)c1. The Labute approximate surface area is 115 Å². The molecule has 3 nitrogen and oxygen atoms in total. The summed E-state index contributed by atoms with van der Waals surface area (Å²) in [6.07, 6.45) is 0. The van der Waals surface area contributed by atoms with Crippen molar-refractivity contribution in [3.63, 3.8) is 0 Å². The standard InChI is InChI=1S/C13H10Cl2N2O/c14-9-4-5-12(11(15)7-9)17-13(18)8-2-1-3-10(16)6-8/h1-7H,16H2,(H,17,18). The summed E-state index contributed by atoms with van der Waals surface area (Å²) in [5.74, 6) is -0.272. The zero-order valence-corrected chi connectivity index (χ0v) is 10.8. The number of benzene rings is 2. The second kappa shape index (κ2) is 5.29. The van der Waals surface area contributed by atoms with Crippen LogP contribution < -0.4 is 11.1 Å². The Bertz CT molecular complexity index is 599. The number of amides is 1. The number of carbonyl (C=O) groups is 1. The van der Waals surface area contributed by atoms with Crippen molar-refractivity contribution in [2.75, 3.05) is 11.1 Å². The molecule has 2 aromatic carbocycles. The molecule has 5 heteroatoms. The molecule has 0 aliphatic rings. The molecule has 0 spiro atoms. The van der Waals surface area contributed by atoms with Crippen molar-refractivity contribution >= 4 is 40.5 Å². The van der Waals surface area contributed by atoms with Crippen LogP contribution in [-0.4, -0.2) is 5.91 Å². The fourth-order valence-corrected chi connectivity index (χ4v) is 1.92. The van der Waals surface area contributed by atoms with Crippen LogP contribution in [0, 0.1) is 0 Å². The summed E-state index contributed by atoms with van der Waals surface area (Å²) in [5.41, 5.74) is 7.13. The first-order valence-electron chi connectivity index (χ1n) is 5.18. The number of rotatable bonds is 2. The molecule has 0 fully saturated rings. The second-order valence-corrected chi connectivity index (χ2v) is 4.55. The first-order chi connectivity index (χ1) is 8.56. The Morgan fingerprint density at radius 1 is 1.11 bits per heavy atom. The van der Waals surface area contributed by atoms with Crippen molar-refractivity contribution in [1.29, 1.82) is 0 Å². The van der Waals surface area contributed by atoms with Gasteiger partial charge in [0.2, 0.25) is 0 Å². The van der Waals surface area contributed by atoms with E-state index in [1.807, 2.05) is 0 Å². The van der Waals surface area contributed by atoms with Crippen molar-refractivity contribution in [3.8, 4) is 0 Å². The van der Waals surface area contributed by atoms with Crippen LogP contribution in [0.25, 0.3) is 0 Å². The third-order valence-corrected chi connectivity index (χ3v) is 2.88. The van der Waals surface area contributed by atoms with Gasteiger partial charge in [0.05, 0.1) is 10.7 Å². The van der Waals surface area contributed by atoms with Crippen molar-refractivity contribution in [2.24, 2.45) is 0 Å². The minimum Gasteiger partial charge on any atom is -0.399 e. The van der Waals surface area contributed by atoms with Crippen LogP contribution >= 0.6 is 23.2 Å². The average Bonchev–Trinajstić information content (AvgIpc) is 2.32. The normalized spacial score (nSPS) is 10.1. The molecule has 0 saturated heterocycles. The molecule has 0 aliphatic carbocycles. The molecule has 0 unspecified atom stereocenters. The van der Waals surface area contributed by atoms with Crippen LogP contribution in [0.4, 0.5) is 11.4 Å². The van der Waals surface area contributed by atoms with Crippen LogP contribution in [0.15, 0.2) is 42.5 Å². The number of nitrogens with one attached hydrogen (secondary N) is 1. The lowest BCUT2D eigenvalue weighted by Gasteiger charge is -2.07. The highest BCUT2D eigenvalue weighted by molar-refractivity contribution is 6.36. The molecule has 92 valence electrons. The largest absolute Gasteiger partial charge is 0.399 e. The summed E-state index contributed by atoms with van der Waals surface area (Å²) in [4.78, 5) is 11.9. The maximum atomic E-state index is 11.9. The van der Waals surface area contributed by atoms with Gasteiger partial charge in [0.1, 0.15) is 0 Å². The lowest BCUT2D eigenvalue weighted by Crippen LogP contribution is -2.12. The van der Waals surface area contributed by atoms with E-state index < -0.39 is 0 Å². The van der Waals surface area contributed by atoms with Crippen LogP contribution in [0.2, 0.25) is 10.0 Å². The summed E-state index contributed by atoms with van der Waals surface area (Å²) in [6, 6.07) is 11.6. The van der Waals surface area contributed by atoms with E-state index in [9.17, 15) is 4.79 Å². The molecule has 3 N–H and O–H groups in total. The summed E-state index contributed by atoms with van der Waals surface area (Å²) >= 11 is 11.7. The molecule has 1 amide bonds. The van der Waals surface area contributed by atoms with Gasteiger partial charge in [-0.1, -0.05) is 29.3 Å². The fraction of sp³-hybridized carbons (Fsp3) is 0. The molecule has 2 rings (SSSR count). The Balaban J connectivity index is 2.21. The highest BCUT2D eigenvalue weighted by Gasteiger charge is 2.08. The van der Waals surface area contributed by atoms with E-state index in [-0.39, 0.29) is 5.91 Å². The third-order valence-electron chi connectivity index (χ3n) is 2.33. The first kappa shape index (κ1) is 12.7. The highest BCUT2D eigenvalue weighted by atomic mass is 35.5. The maximum absolute atomic E-state index is 11.9. The molecule has 0 saturated carbocycles. The van der Waals surface area contributed by atoms with Gasteiger partial charge in [0, 0.05) is 16.3 Å². The van der Waals surface area contributed by atoms with E-state index in [1.165, 1.54) is 0 Å². The maximum Gasteiger partial charge on any atom is 0.255 e. The van der Waals surface area contributed by atoms with Gasteiger partial charge < -0.3 is 11.1 Å². The predicted octanol–water partition coefficient (Wildman–Crippen LogP) is 3.83. The van der Waals surface area contributed by atoms with Crippen molar-refractivity contribution in [1.82, 2.24) is 0 Å². The molecular formula is C13H10Cl2N2O. The number of anilines is 2. The number of hydrogen-bond donors (Lipinski definition) is 2. The molecule has 0 radical (unpaired) electrons. The Hall–Kier alpha value is -1.71. The van der Waals surface area contributed by atoms with Gasteiger partial charge >= 0.3 is 0 Å². The van der Waals surface area contributed by atoms with Gasteiger partial charge in [-0.3, -0.25) is 4.79 Å². The Kier molecular flexibility index (Phi) is 3.75. The topological polar surface area (TPSA) is 55.1 Å². The minimum absolute atomic E-state index is 0.272. The quantitative estimate of drug-likeness (QED) is 0.822. The number of nitrogen functional groups attached to an aromatic ring is 1. The van der Waals surface area contributed by atoms with E-state index in [2.05, 4.69) is 5.32 Å². The van der Waals surface area contributed by atoms with Crippen molar-refractivity contribution in [2.45, 2.75) is 0 Å². The molecule has 0 atom stereocenters. The fourth-order valence-electron chi connectivity index (χ4n) is 1.47. The predicted molar refractivity (Wildman–Crippen MR) is 75.3 cm³/mol. The lowest BCUT2D eigenvalue weighted by atomic mass is 10.2. The molecule has 18 heavy (non-hydrogen) atoms. The zero-order chi connectivity index (χ0) is 13.1. The zero-order valence-electron chi connectivity index (χ0n) is 9.28. The highest BCUT2D eigenvalue weighted by Crippen LogP contribution is 2.25. The van der Waals surface area contributed by atoms with Gasteiger partial charge in [-0.2, -0.15) is 0 Å².